The summed E-state index contributed by atoms with van der Waals surface area (Å²) in [6.45, 7) is 3.56. The SMILES string of the molecule is CC(C)NC(=O)Cn1ccc(=O)[nH]c1=O. The van der Waals surface area contributed by atoms with E-state index in [0.717, 1.165) is 4.57 Å². The van der Waals surface area contributed by atoms with E-state index in [1.807, 2.05) is 13.8 Å². The Hall–Kier alpha value is -1.85. The Morgan fingerprint density at radius 1 is 1.53 bits per heavy atom. The van der Waals surface area contributed by atoms with Crippen LogP contribution in [0.3, 0.4) is 0 Å². The van der Waals surface area contributed by atoms with Crippen LogP contribution in [0.25, 0.3) is 0 Å². The fourth-order valence-electron chi connectivity index (χ4n) is 1.09. The van der Waals surface area contributed by atoms with Crippen molar-refractivity contribution in [3.63, 3.8) is 0 Å². The van der Waals surface area contributed by atoms with Gasteiger partial charge in [-0.3, -0.25) is 19.1 Å². The van der Waals surface area contributed by atoms with Gasteiger partial charge in [0, 0.05) is 18.3 Å². The number of hydrogen-bond acceptors (Lipinski definition) is 3. The summed E-state index contributed by atoms with van der Waals surface area (Å²) in [4.78, 5) is 35.3. The standard InChI is InChI=1S/C9H13N3O3/c1-6(2)10-8(14)5-12-4-3-7(13)11-9(12)15/h3-4,6H,5H2,1-2H3,(H,10,14)(H,11,13,15). The Morgan fingerprint density at radius 2 is 2.20 bits per heavy atom. The molecule has 0 atom stereocenters. The number of H-pyrrole nitrogens is 1. The van der Waals surface area contributed by atoms with Crippen LogP contribution < -0.4 is 16.6 Å². The molecule has 0 saturated heterocycles. The van der Waals surface area contributed by atoms with Crippen LogP contribution in [-0.2, 0) is 11.3 Å². The molecule has 1 heterocycles. The molecule has 0 spiro atoms. The van der Waals surface area contributed by atoms with Crippen LogP contribution in [0.5, 0.6) is 0 Å². The number of carbonyl (C=O) groups excluding carboxylic acids is 1. The average Bonchev–Trinajstić information content (AvgIpc) is 2.08. The lowest BCUT2D eigenvalue weighted by Gasteiger charge is -2.08. The minimum absolute atomic E-state index is 0.0240. The van der Waals surface area contributed by atoms with E-state index in [1.165, 1.54) is 12.3 Å². The van der Waals surface area contributed by atoms with Crippen LogP contribution in [0.2, 0.25) is 0 Å². The van der Waals surface area contributed by atoms with Crippen molar-refractivity contribution in [3.05, 3.63) is 33.1 Å². The highest BCUT2D eigenvalue weighted by Gasteiger charge is 2.05. The molecule has 0 radical (unpaired) electrons. The van der Waals surface area contributed by atoms with Crippen molar-refractivity contribution in [3.8, 4) is 0 Å². The molecule has 0 bridgehead atoms. The van der Waals surface area contributed by atoms with Gasteiger partial charge in [-0.05, 0) is 13.8 Å². The maximum atomic E-state index is 11.3. The quantitative estimate of drug-likeness (QED) is 0.676. The summed E-state index contributed by atoms with van der Waals surface area (Å²) >= 11 is 0. The molecule has 6 nitrogen and oxygen atoms in total. The number of amides is 1. The predicted octanol–water partition coefficient (Wildman–Crippen LogP) is -0.939. The largest absolute Gasteiger partial charge is 0.352 e. The predicted molar refractivity (Wildman–Crippen MR) is 54.6 cm³/mol. The van der Waals surface area contributed by atoms with Crippen LogP contribution in [0.4, 0.5) is 0 Å². The van der Waals surface area contributed by atoms with Gasteiger partial charge in [0.1, 0.15) is 6.54 Å². The Labute approximate surface area is 85.9 Å². The summed E-state index contributed by atoms with van der Waals surface area (Å²) in [6.07, 6.45) is 1.29. The van der Waals surface area contributed by atoms with Crippen molar-refractivity contribution >= 4 is 5.91 Å². The third-order valence-corrected chi connectivity index (χ3v) is 1.66. The number of aromatic nitrogens is 2. The van der Waals surface area contributed by atoms with Gasteiger partial charge in [-0.25, -0.2) is 4.79 Å². The van der Waals surface area contributed by atoms with Gasteiger partial charge >= 0.3 is 5.69 Å². The minimum Gasteiger partial charge on any atom is -0.352 e. The van der Waals surface area contributed by atoms with Crippen molar-refractivity contribution in [1.29, 1.82) is 0 Å². The molecule has 0 aliphatic carbocycles. The fourth-order valence-corrected chi connectivity index (χ4v) is 1.09. The summed E-state index contributed by atoms with van der Waals surface area (Å²) in [5.41, 5.74) is -1.05. The number of aromatic amines is 1. The monoisotopic (exact) mass is 211 g/mol. The number of hydrogen-bond donors (Lipinski definition) is 2. The van der Waals surface area contributed by atoms with Gasteiger partial charge in [0.15, 0.2) is 0 Å². The van der Waals surface area contributed by atoms with E-state index in [4.69, 9.17) is 0 Å². The number of rotatable bonds is 3. The molecule has 1 aromatic rings. The van der Waals surface area contributed by atoms with Crippen LogP contribution in [0.1, 0.15) is 13.8 Å². The molecule has 0 saturated carbocycles. The number of nitrogens with one attached hydrogen (secondary N) is 2. The maximum Gasteiger partial charge on any atom is 0.328 e. The lowest BCUT2D eigenvalue weighted by molar-refractivity contribution is -0.122. The molecule has 1 aromatic heterocycles. The summed E-state index contributed by atoms with van der Waals surface area (Å²) < 4.78 is 1.14. The van der Waals surface area contributed by atoms with E-state index in [-0.39, 0.29) is 18.5 Å². The smallest absolute Gasteiger partial charge is 0.328 e. The van der Waals surface area contributed by atoms with Crippen LogP contribution >= 0.6 is 0 Å². The molecule has 6 heteroatoms. The summed E-state index contributed by atoms with van der Waals surface area (Å²) in [5.74, 6) is -0.265. The van der Waals surface area contributed by atoms with Crippen molar-refractivity contribution in [2.45, 2.75) is 26.4 Å². The van der Waals surface area contributed by atoms with E-state index in [1.54, 1.807) is 0 Å². The second-order valence-electron chi connectivity index (χ2n) is 3.46. The van der Waals surface area contributed by atoms with Gasteiger partial charge in [0.2, 0.25) is 5.91 Å². The molecular formula is C9H13N3O3. The second-order valence-corrected chi connectivity index (χ2v) is 3.46. The van der Waals surface area contributed by atoms with Crippen molar-refractivity contribution in [1.82, 2.24) is 14.9 Å². The highest BCUT2D eigenvalue weighted by Crippen LogP contribution is 1.81. The third kappa shape index (κ3) is 3.41. The van der Waals surface area contributed by atoms with Gasteiger partial charge in [-0.15, -0.1) is 0 Å². The molecule has 82 valence electrons. The highest BCUT2D eigenvalue weighted by molar-refractivity contribution is 5.75. The fraction of sp³-hybridized carbons (Fsp3) is 0.444. The van der Waals surface area contributed by atoms with Crippen molar-refractivity contribution in [2.75, 3.05) is 0 Å². The average molecular weight is 211 g/mol. The molecule has 2 N–H and O–H groups in total. The van der Waals surface area contributed by atoms with E-state index in [2.05, 4.69) is 10.3 Å². The van der Waals surface area contributed by atoms with E-state index >= 15 is 0 Å². The zero-order valence-corrected chi connectivity index (χ0v) is 8.61. The first-order valence-electron chi connectivity index (χ1n) is 4.58. The zero-order valence-electron chi connectivity index (χ0n) is 8.61. The Kier molecular flexibility index (Phi) is 3.43. The minimum atomic E-state index is -0.582. The van der Waals surface area contributed by atoms with E-state index in [0.29, 0.717) is 0 Å². The first kappa shape index (κ1) is 11.2. The molecule has 15 heavy (non-hydrogen) atoms. The van der Waals surface area contributed by atoms with E-state index < -0.39 is 11.2 Å². The normalized spacial score (nSPS) is 10.3. The lowest BCUT2D eigenvalue weighted by Crippen LogP contribution is -2.37. The first-order chi connectivity index (χ1) is 6.99. The molecule has 0 fully saturated rings. The van der Waals surface area contributed by atoms with Gasteiger partial charge in [-0.1, -0.05) is 0 Å². The second kappa shape index (κ2) is 4.59. The highest BCUT2D eigenvalue weighted by atomic mass is 16.2. The topological polar surface area (TPSA) is 84.0 Å². The third-order valence-electron chi connectivity index (χ3n) is 1.66. The van der Waals surface area contributed by atoms with Gasteiger partial charge < -0.3 is 5.32 Å². The van der Waals surface area contributed by atoms with Crippen molar-refractivity contribution < 1.29 is 4.79 Å². The maximum absolute atomic E-state index is 11.3. The molecule has 1 amide bonds. The van der Waals surface area contributed by atoms with Gasteiger partial charge in [-0.2, -0.15) is 0 Å². The summed E-state index contributed by atoms with van der Waals surface area (Å²) in [5, 5.41) is 2.64. The Bertz CT molecular complexity index is 458. The molecular weight excluding hydrogens is 198 g/mol. The van der Waals surface area contributed by atoms with Crippen LogP contribution in [-0.4, -0.2) is 21.5 Å². The number of carbonyl (C=O) groups is 1. The summed E-state index contributed by atoms with van der Waals surface area (Å²) in [6, 6.07) is 1.22. The van der Waals surface area contributed by atoms with Crippen LogP contribution in [0, 0.1) is 0 Å². The Morgan fingerprint density at radius 3 is 2.73 bits per heavy atom. The van der Waals surface area contributed by atoms with Crippen LogP contribution in [0.15, 0.2) is 21.9 Å². The van der Waals surface area contributed by atoms with E-state index in [9.17, 15) is 14.4 Å². The molecule has 0 aliphatic rings. The molecule has 0 unspecified atom stereocenters. The molecule has 0 aromatic carbocycles. The number of nitrogens with zero attached hydrogens (tertiary/aromatic N) is 1. The lowest BCUT2D eigenvalue weighted by atomic mass is 10.4. The first-order valence-corrected chi connectivity index (χ1v) is 4.58. The molecule has 1 rings (SSSR count). The molecule has 0 aliphatic heterocycles. The summed E-state index contributed by atoms with van der Waals surface area (Å²) in [7, 11) is 0. The van der Waals surface area contributed by atoms with Crippen molar-refractivity contribution in [2.24, 2.45) is 0 Å². The van der Waals surface area contributed by atoms with Gasteiger partial charge in [0.25, 0.3) is 5.56 Å². The van der Waals surface area contributed by atoms with Gasteiger partial charge in [0.05, 0.1) is 0 Å². The Balaban J connectivity index is 2.77. The zero-order chi connectivity index (χ0) is 11.4.